The van der Waals surface area contributed by atoms with Crippen molar-refractivity contribution in [3.8, 4) is 56.0 Å². The Hall–Kier alpha value is -9.13. The van der Waals surface area contributed by atoms with Crippen molar-refractivity contribution >= 4 is 61.5 Å². The molecular formula is C70H56N2O4. The lowest BCUT2D eigenvalue weighted by Gasteiger charge is -2.26. The van der Waals surface area contributed by atoms with Crippen molar-refractivity contribution in [3.05, 3.63) is 241 Å². The number of hydrogen-bond acceptors (Lipinski definition) is 6. The number of benzene rings is 11. The summed E-state index contributed by atoms with van der Waals surface area (Å²) in [6, 6.07) is 73.7. The first kappa shape index (κ1) is 47.8. The summed E-state index contributed by atoms with van der Waals surface area (Å²) in [6.45, 7) is 0.299. The molecule has 0 unspecified atom stereocenters. The molecule has 0 aromatic heterocycles. The maximum Gasteiger partial charge on any atom is 0.338 e. The molecule has 6 nitrogen and oxygen atoms in total. The summed E-state index contributed by atoms with van der Waals surface area (Å²) in [4.78, 5) is 23.3. The molecule has 1 fully saturated rings. The molecule has 1 aliphatic carbocycles. The minimum absolute atomic E-state index is 0.149. The van der Waals surface area contributed by atoms with Crippen LogP contribution in [-0.2, 0) is 11.2 Å². The van der Waals surface area contributed by atoms with Crippen molar-refractivity contribution in [2.45, 2.75) is 50.6 Å². The molecule has 0 aliphatic heterocycles. The molecule has 1 saturated carbocycles. The summed E-state index contributed by atoms with van der Waals surface area (Å²) in [5.41, 5.74) is 10.6. The van der Waals surface area contributed by atoms with E-state index in [0.29, 0.717) is 36.1 Å². The van der Waals surface area contributed by atoms with Crippen molar-refractivity contribution in [3.63, 3.8) is 0 Å². The third-order valence-corrected chi connectivity index (χ3v) is 15.1. The average Bonchev–Trinajstić information content (AvgIpc) is 3.56. The summed E-state index contributed by atoms with van der Waals surface area (Å²) in [5, 5.41) is 33.6. The number of phenolic OH excluding ortho intramolecular Hbond substituents is 2. The fraction of sp³-hybridized carbons (Fsp3) is 0.129. The molecule has 12 rings (SSSR count). The van der Waals surface area contributed by atoms with E-state index in [1.807, 2.05) is 61.0 Å². The number of carbonyl (C=O) groups excluding carboxylic acids is 1. The second-order valence-electron chi connectivity index (χ2n) is 19.9. The molecule has 0 radical (unpaired) electrons. The molecule has 0 heterocycles. The lowest BCUT2D eigenvalue weighted by Crippen LogP contribution is -2.27. The number of hydrogen-bond donors (Lipinski definition) is 2. The van der Waals surface area contributed by atoms with Gasteiger partial charge < -0.3 is 14.9 Å². The van der Waals surface area contributed by atoms with E-state index in [0.717, 1.165) is 119 Å². The third kappa shape index (κ3) is 9.50. The van der Waals surface area contributed by atoms with Gasteiger partial charge in [0.15, 0.2) is 0 Å². The fourth-order valence-corrected chi connectivity index (χ4v) is 11.4. The number of phenols is 2. The Balaban J connectivity index is 0.927. The Kier molecular flexibility index (Phi) is 13.5. The third-order valence-electron chi connectivity index (χ3n) is 15.1. The first-order valence-corrected chi connectivity index (χ1v) is 26.4. The zero-order valence-electron chi connectivity index (χ0n) is 42.1. The zero-order chi connectivity index (χ0) is 51.4. The lowest BCUT2D eigenvalue weighted by atomic mass is 9.85. The fourth-order valence-electron chi connectivity index (χ4n) is 11.4. The van der Waals surface area contributed by atoms with E-state index >= 15 is 0 Å². The van der Waals surface area contributed by atoms with Gasteiger partial charge in [-0.05, 0) is 121 Å². The number of esters is 1. The average molecular weight is 989 g/mol. The van der Waals surface area contributed by atoms with Crippen LogP contribution in [0.2, 0.25) is 0 Å². The summed E-state index contributed by atoms with van der Waals surface area (Å²) in [5.74, 6) is 0.0309. The van der Waals surface area contributed by atoms with E-state index in [1.165, 1.54) is 0 Å². The molecular weight excluding hydrogens is 933 g/mol. The second kappa shape index (κ2) is 21.4. The summed E-state index contributed by atoms with van der Waals surface area (Å²) >= 11 is 0. The minimum atomic E-state index is -0.325. The molecule has 0 amide bonds. The predicted molar refractivity (Wildman–Crippen MR) is 314 cm³/mol. The number of aromatic hydroxyl groups is 2. The van der Waals surface area contributed by atoms with Crippen LogP contribution in [0, 0.1) is 0 Å². The molecule has 11 aromatic carbocycles. The number of carbonyl (C=O) groups is 1. The van der Waals surface area contributed by atoms with E-state index in [4.69, 9.17) is 14.7 Å². The number of aliphatic imine (C=N–C) groups is 2. The van der Waals surface area contributed by atoms with Crippen molar-refractivity contribution in [2.75, 3.05) is 6.61 Å². The van der Waals surface area contributed by atoms with Gasteiger partial charge in [0.05, 0.1) is 24.3 Å². The van der Waals surface area contributed by atoms with Gasteiger partial charge in [-0.1, -0.05) is 207 Å². The molecule has 370 valence electrons. The van der Waals surface area contributed by atoms with Gasteiger partial charge in [-0.25, -0.2) is 4.79 Å². The van der Waals surface area contributed by atoms with Gasteiger partial charge in [-0.3, -0.25) is 9.98 Å². The molecule has 2 N–H and O–H groups in total. The largest absolute Gasteiger partial charge is 0.507 e. The Morgan fingerprint density at radius 2 is 0.908 bits per heavy atom. The molecule has 76 heavy (non-hydrogen) atoms. The van der Waals surface area contributed by atoms with Crippen LogP contribution >= 0.6 is 0 Å². The normalized spacial score (nSPS) is 14.8. The van der Waals surface area contributed by atoms with Gasteiger partial charge in [0.25, 0.3) is 0 Å². The molecule has 6 heteroatoms. The molecule has 0 spiro atoms. The van der Waals surface area contributed by atoms with Crippen LogP contribution in [0.5, 0.6) is 11.5 Å². The maximum absolute atomic E-state index is 12.8. The van der Waals surface area contributed by atoms with Crippen LogP contribution in [0.3, 0.4) is 0 Å². The van der Waals surface area contributed by atoms with E-state index in [9.17, 15) is 15.0 Å². The van der Waals surface area contributed by atoms with Gasteiger partial charge in [-0.2, -0.15) is 0 Å². The number of nitrogens with zero attached hydrogens (tertiary/aromatic N) is 2. The van der Waals surface area contributed by atoms with Crippen LogP contribution in [0.15, 0.2) is 228 Å². The Bertz CT molecular complexity index is 4000. The molecule has 1 aliphatic rings. The maximum atomic E-state index is 12.8. The lowest BCUT2D eigenvalue weighted by molar-refractivity contribution is 0.0500. The van der Waals surface area contributed by atoms with Crippen molar-refractivity contribution < 1.29 is 19.7 Å². The van der Waals surface area contributed by atoms with E-state index in [1.54, 1.807) is 12.1 Å². The van der Waals surface area contributed by atoms with Crippen LogP contribution in [-0.4, -0.2) is 47.3 Å². The number of ether oxygens (including phenoxy) is 1. The first-order valence-electron chi connectivity index (χ1n) is 26.4. The van der Waals surface area contributed by atoms with Crippen LogP contribution in [0.25, 0.3) is 87.6 Å². The van der Waals surface area contributed by atoms with Crippen molar-refractivity contribution in [1.29, 1.82) is 0 Å². The van der Waals surface area contributed by atoms with Crippen LogP contribution in [0.4, 0.5) is 0 Å². The highest BCUT2D eigenvalue weighted by molar-refractivity contribution is 6.16. The number of rotatable bonds is 13. The van der Waals surface area contributed by atoms with E-state index in [2.05, 4.69) is 158 Å². The number of fused-ring (bicyclic) bond motifs is 4. The molecule has 11 aromatic rings. The van der Waals surface area contributed by atoms with Crippen molar-refractivity contribution in [1.82, 2.24) is 0 Å². The van der Waals surface area contributed by atoms with Crippen LogP contribution < -0.4 is 0 Å². The van der Waals surface area contributed by atoms with Gasteiger partial charge in [0.2, 0.25) is 0 Å². The van der Waals surface area contributed by atoms with Gasteiger partial charge in [-0.15, -0.1) is 0 Å². The minimum Gasteiger partial charge on any atom is -0.507 e. The molecule has 0 bridgehead atoms. The topological polar surface area (TPSA) is 91.5 Å². The highest BCUT2D eigenvalue weighted by atomic mass is 16.5. The highest BCUT2D eigenvalue weighted by Gasteiger charge is 2.26. The zero-order valence-corrected chi connectivity index (χ0v) is 42.1. The Morgan fingerprint density at radius 1 is 0.461 bits per heavy atom. The van der Waals surface area contributed by atoms with E-state index < -0.39 is 0 Å². The second-order valence-corrected chi connectivity index (χ2v) is 19.9. The monoisotopic (exact) mass is 988 g/mol. The van der Waals surface area contributed by atoms with Crippen LogP contribution in [0.1, 0.15) is 59.2 Å². The highest BCUT2D eigenvalue weighted by Crippen LogP contribution is 2.48. The van der Waals surface area contributed by atoms with Gasteiger partial charge >= 0.3 is 5.97 Å². The SMILES string of the molecule is O=C(OCCCc1ccc2c(-c3c(-c4ccccc4)ccc4ccccc34)c(O)c(C=N[C@H]3CCCC[C@@H]3N=Cc3cc4ccccc4c(-c4c(-c5ccccc5)ccc5ccccc45)c3O)cc2c1)c1ccccc1. The summed E-state index contributed by atoms with van der Waals surface area (Å²) < 4.78 is 5.65. The molecule has 2 atom stereocenters. The predicted octanol–water partition coefficient (Wildman–Crippen LogP) is 17.0. The molecule has 0 saturated heterocycles. The van der Waals surface area contributed by atoms with Crippen molar-refractivity contribution in [2.24, 2.45) is 9.98 Å². The Labute approximate surface area is 443 Å². The quantitative estimate of drug-likeness (QED) is 0.0684. The van der Waals surface area contributed by atoms with Gasteiger partial charge in [0, 0.05) is 45.8 Å². The summed E-state index contributed by atoms with van der Waals surface area (Å²) in [6.07, 6.45) is 8.79. The first-order chi connectivity index (χ1) is 37.5. The standard InChI is InChI=1S/C70H56N2O4/c73-68-54(42-52-28-12-15-31-58(52)66(68)64-56-29-13-10-24-49(56)35-38-59(64)47-20-4-1-5-21-47)44-71-62-32-16-17-33-63(62)72-45-55-43-53-41-46(19-18-40-76-70(75)51-26-8-3-9-27-51)34-37-61(53)67(69(55)74)65-57-30-14-11-25-50(57)36-39-60(65)48-22-6-2-7-23-48/h1-15,20-31,34-39,41-45,62-63,73-74H,16-19,32-33,40H2/t62-,63-/m0/s1. The Morgan fingerprint density at radius 3 is 1.45 bits per heavy atom. The van der Waals surface area contributed by atoms with Gasteiger partial charge in [0.1, 0.15) is 11.5 Å². The smallest absolute Gasteiger partial charge is 0.338 e. The van der Waals surface area contributed by atoms with E-state index in [-0.39, 0.29) is 29.6 Å². The number of aryl methyl sites for hydroxylation is 1. The summed E-state index contributed by atoms with van der Waals surface area (Å²) in [7, 11) is 0.